The molecule has 2 aromatic carbocycles. The maximum absolute atomic E-state index is 13.6. The summed E-state index contributed by atoms with van der Waals surface area (Å²) in [6.45, 7) is 0.617. The van der Waals surface area contributed by atoms with E-state index in [1.807, 2.05) is 11.4 Å². The molecule has 0 aliphatic heterocycles. The Morgan fingerprint density at radius 2 is 1.76 bits per heavy atom. The second kappa shape index (κ2) is 10.5. The van der Waals surface area contributed by atoms with Crippen LogP contribution in [0.25, 0.3) is 5.69 Å². The largest absolute Gasteiger partial charge is 0.493 e. The number of hydrogen-bond acceptors (Lipinski definition) is 6. The number of rotatable bonds is 8. The Labute approximate surface area is 191 Å². The van der Waals surface area contributed by atoms with Gasteiger partial charge in [-0.1, -0.05) is 18.2 Å². The Morgan fingerprint density at radius 3 is 2.44 bits per heavy atom. The first-order chi connectivity index (χ1) is 16.2. The highest BCUT2D eigenvalue weighted by molar-refractivity contribution is 5.96. The lowest BCUT2D eigenvalue weighted by molar-refractivity contribution is -0.130. The van der Waals surface area contributed by atoms with Crippen LogP contribution in [-0.4, -0.2) is 47.3 Å². The summed E-state index contributed by atoms with van der Waals surface area (Å²) in [6, 6.07) is 10.4. The molecule has 178 valence electrons. The highest BCUT2D eigenvalue weighted by atomic mass is 19.2. The highest BCUT2D eigenvalue weighted by Crippen LogP contribution is 2.21. The smallest absolute Gasteiger partial charge is 0.363 e. The fraction of sp³-hybridized carbons (Fsp3) is 0.182. The van der Waals surface area contributed by atoms with Crippen molar-refractivity contribution < 1.29 is 37.0 Å². The molecule has 0 fully saturated rings. The molecule has 0 saturated carbocycles. The number of methoxy groups -OCH3 is 1. The molecule has 0 saturated heterocycles. The van der Waals surface area contributed by atoms with Gasteiger partial charge in [-0.15, -0.1) is 0 Å². The predicted octanol–water partition coefficient (Wildman–Crippen LogP) is 2.60. The van der Waals surface area contributed by atoms with Gasteiger partial charge in [0.1, 0.15) is 0 Å². The van der Waals surface area contributed by atoms with Crippen molar-refractivity contribution >= 4 is 23.5 Å². The van der Waals surface area contributed by atoms with Crippen LogP contribution in [0.1, 0.15) is 17.4 Å². The summed E-state index contributed by atoms with van der Waals surface area (Å²) in [5, 5.41) is 8.32. The average molecular weight is 476 g/mol. The van der Waals surface area contributed by atoms with Crippen LogP contribution < -0.4 is 15.4 Å². The second-order valence-corrected chi connectivity index (χ2v) is 6.86. The third kappa shape index (κ3) is 5.52. The molecule has 2 N–H and O–H groups in total. The van der Waals surface area contributed by atoms with Crippen LogP contribution >= 0.6 is 0 Å². The van der Waals surface area contributed by atoms with Gasteiger partial charge >= 0.3 is 5.97 Å². The molecule has 3 aromatic rings. The van der Waals surface area contributed by atoms with E-state index in [2.05, 4.69) is 10.4 Å². The normalized spacial score (nSPS) is 11.4. The third-order valence-electron chi connectivity index (χ3n) is 4.50. The van der Waals surface area contributed by atoms with E-state index in [4.69, 9.17) is 9.47 Å². The van der Waals surface area contributed by atoms with Crippen molar-refractivity contribution in [2.45, 2.75) is 13.0 Å². The van der Waals surface area contributed by atoms with E-state index < -0.39 is 53.6 Å². The minimum Gasteiger partial charge on any atom is -0.493 e. The van der Waals surface area contributed by atoms with E-state index in [1.54, 1.807) is 24.3 Å². The maximum atomic E-state index is 13.6. The third-order valence-corrected chi connectivity index (χ3v) is 4.50. The van der Waals surface area contributed by atoms with Crippen molar-refractivity contribution in [3.63, 3.8) is 0 Å². The monoisotopic (exact) mass is 476 g/mol. The molecule has 1 heterocycles. The van der Waals surface area contributed by atoms with Gasteiger partial charge in [-0.2, -0.15) is 5.10 Å². The Balaban J connectivity index is 1.57. The number of aromatic nitrogens is 2. The molecule has 9 nitrogen and oxygen atoms in total. The molecular formula is C22H19F3N4O5. The first-order valence-electron chi connectivity index (χ1n) is 9.82. The molecular weight excluding hydrogens is 457 g/mol. The molecule has 1 unspecified atom stereocenters. The SMILES string of the molecule is COc1cn(-c2ccccc2)nc1C(=O)OC(C)C(=O)NCC(=O)Nc1ccc(F)c(F)c1F. The van der Waals surface area contributed by atoms with Gasteiger partial charge in [0.15, 0.2) is 29.3 Å². The fourth-order valence-electron chi connectivity index (χ4n) is 2.76. The molecule has 3 rings (SSSR count). The Bertz CT molecular complexity index is 1220. The molecule has 0 radical (unpaired) electrons. The number of para-hydroxylation sites is 1. The standard InChI is InChI=1S/C22H19F3N4O5/c1-12(21(31)26-10-17(30)27-15-9-8-14(23)18(24)19(15)25)34-22(32)20-16(33-2)11-29(28-20)13-6-4-3-5-7-13/h3-9,11-12H,10H2,1-2H3,(H,26,31)(H,27,30). The number of esters is 1. The number of amides is 2. The maximum Gasteiger partial charge on any atom is 0.363 e. The van der Waals surface area contributed by atoms with E-state index in [1.165, 1.54) is 24.9 Å². The number of carbonyl (C=O) groups excluding carboxylic acids is 3. The number of benzene rings is 2. The van der Waals surface area contributed by atoms with Gasteiger partial charge in [-0.25, -0.2) is 22.6 Å². The van der Waals surface area contributed by atoms with Gasteiger partial charge in [0.05, 0.1) is 31.2 Å². The molecule has 12 heteroatoms. The average Bonchev–Trinajstić information content (AvgIpc) is 3.28. The van der Waals surface area contributed by atoms with Crippen molar-refractivity contribution in [1.82, 2.24) is 15.1 Å². The lowest BCUT2D eigenvalue weighted by atomic mass is 10.2. The number of hydrogen-bond donors (Lipinski definition) is 2. The van der Waals surface area contributed by atoms with Crippen LogP contribution in [0, 0.1) is 17.5 Å². The lowest BCUT2D eigenvalue weighted by Crippen LogP contribution is -2.40. The van der Waals surface area contributed by atoms with Crippen molar-refractivity contribution in [3.05, 3.63) is 71.8 Å². The number of halogens is 3. The molecule has 34 heavy (non-hydrogen) atoms. The number of ether oxygens (including phenoxy) is 2. The minimum absolute atomic E-state index is 0.120. The van der Waals surface area contributed by atoms with Crippen molar-refractivity contribution in [2.24, 2.45) is 0 Å². The summed E-state index contributed by atoms with van der Waals surface area (Å²) >= 11 is 0. The van der Waals surface area contributed by atoms with Crippen LogP contribution in [0.5, 0.6) is 5.75 Å². The quantitative estimate of drug-likeness (QED) is 0.382. The molecule has 1 aromatic heterocycles. The molecule has 0 aliphatic carbocycles. The van der Waals surface area contributed by atoms with Crippen LogP contribution in [0.15, 0.2) is 48.7 Å². The van der Waals surface area contributed by atoms with E-state index in [-0.39, 0.29) is 11.4 Å². The Kier molecular flexibility index (Phi) is 7.51. The molecule has 0 bridgehead atoms. The van der Waals surface area contributed by atoms with Gasteiger partial charge < -0.3 is 20.1 Å². The zero-order chi connectivity index (χ0) is 24.8. The summed E-state index contributed by atoms with van der Waals surface area (Å²) in [5.41, 5.74) is -0.106. The van der Waals surface area contributed by atoms with Gasteiger partial charge in [-0.3, -0.25) is 9.59 Å². The van der Waals surface area contributed by atoms with Crippen molar-refractivity contribution in [3.8, 4) is 11.4 Å². The van der Waals surface area contributed by atoms with E-state index in [9.17, 15) is 27.6 Å². The van der Waals surface area contributed by atoms with Gasteiger partial charge in [0, 0.05) is 0 Å². The number of nitrogens with zero attached hydrogens (tertiary/aromatic N) is 2. The zero-order valence-corrected chi connectivity index (χ0v) is 18.0. The molecule has 0 spiro atoms. The van der Waals surface area contributed by atoms with Crippen molar-refractivity contribution in [1.29, 1.82) is 0 Å². The lowest BCUT2D eigenvalue weighted by Gasteiger charge is -2.13. The van der Waals surface area contributed by atoms with Crippen LogP contribution in [-0.2, 0) is 14.3 Å². The fourth-order valence-corrected chi connectivity index (χ4v) is 2.76. The summed E-state index contributed by atoms with van der Waals surface area (Å²) in [6.07, 6.45) is 0.144. The number of anilines is 1. The summed E-state index contributed by atoms with van der Waals surface area (Å²) in [7, 11) is 1.34. The van der Waals surface area contributed by atoms with Crippen molar-refractivity contribution in [2.75, 3.05) is 19.0 Å². The topological polar surface area (TPSA) is 112 Å². The predicted molar refractivity (Wildman–Crippen MR) is 113 cm³/mol. The van der Waals surface area contributed by atoms with Gasteiger partial charge in [0.25, 0.3) is 5.91 Å². The zero-order valence-electron chi connectivity index (χ0n) is 18.0. The second-order valence-electron chi connectivity index (χ2n) is 6.86. The first kappa shape index (κ1) is 24.3. The summed E-state index contributed by atoms with van der Waals surface area (Å²) < 4.78 is 51.5. The molecule has 0 aliphatic rings. The van der Waals surface area contributed by atoms with Crippen LogP contribution in [0.2, 0.25) is 0 Å². The van der Waals surface area contributed by atoms with Gasteiger partial charge in [0.2, 0.25) is 11.6 Å². The van der Waals surface area contributed by atoms with Crippen LogP contribution in [0.3, 0.4) is 0 Å². The molecule has 1 atom stereocenters. The summed E-state index contributed by atoms with van der Waals surface area (Å²) in [4.78, 5) is 36.6. The van der Waals surface area contributed by atoms with Crippen LogP contribution in [0.4, 0.5) is 18.9 Å². The molecule has 2 amide bonds. The highest BCUT2D eigenvalue weighted by Gasteiger charge is 2.25. The number of carbonyl (C=O) groups is 3. The Morgan fingerprint density at radius 1 is 1.06 bits per heavy atom. The van der Waals surface area contributed by atoms with Gasteiger partial charge in [-0.05, 0) is 31.2 Å². The Hall–Kier alpha value is -4.35. The minimum atomic E-state index is -1.74. The summed E-state index contributed by atoms with van der Waals surface area (Å²) in [5.74, 6) is -7.31. The van der Waals surface area contributed by atoms with E-state index >= 15 is 0 Å². The number of nitrogens with one attached hydrogen (secondary N) is 2. The van der Waals surface area contributed by atoms with E-state index in [0.717, 1.165) is 6.07 Å². The first-order valence-corrected chi connectivity index (χ1v) is 9.82. The van der Waals surface area contributed by atoms with E-state index in [0.29, 0.717) is 11.8 Å².